The van der Waals surface area contributed by atoms with Crippen molar-refractivity contribution in [2.45, 2.75) is 56.5 Å². The smallest absolute Gasteiger partial charge is 0.0986 e. The molecule has 3 unspecified atom stereocenters. The van der Waals surface area contributed by atoms with Crippen LogP contribution in [0.15, 0.2) is 0 Å². The summed E-state index contributed by atoms with van der Waals surface area (Å²) in [4.78, 5) is 0. The third-order valence-electron chi connectivity index (χ3n) is 4.29. The van der Waals surface area contributed by atoms with E-state index < -0.39 is 0 Å². The van der Waals surface area contributed by atoms with Crippen LogP contribution >= 0.6 is 0 Å². The van der Waals surface area contributed by atoms with Crippen molar-refractivity contribution in [1.82, 2.24) is 5.32 Å². The second-order valence-corrected chi connectivity index (χ2v) is 5.16. The first-order chi connectivity index (χ1) is 8.24. The van der Waals surface area contributed by atoms with Gasteiger partial charge in [-0.05, 0) is 32.6 Å². The molecule has 0 spiro atoms. The predicted molar refractivity (Wildman–Crippen MR) is 66.2 cm³/mol. The Hall–Kier alpha value is -0.160. The predicted octanol–water partition coefficient (Wildman–Crippen LogP) is 1.34. The van der Waals surface area contributed by atoms with Crippen LogP contribution in [0.2, 0.25) is 0 Å². The van der Waals surface area contributed by atoms with Gasteiger partial charge >= 0.3 is 0 Å². The number of methoxy groups -OCH3 is 2. The Morgan fingerprint density at radius 1 is 1.29 bits per heavy atom. The van der Waals surface area contributed by atoms with E-state index in [-0.39, 0.29) is 17.8 Å². The SMILES string of the molecule is CCOC1CC(NCC2(OC)CCC2)C1OC. The molecule has 0 aromatic carbocycles. The maximum Gasteiger partial charge on any atom is 0.0986 e. The van der Waals surface area contributed by atoms with Crippen molar-refractivity contribution < 1.29 is 14.2 Å². The number of rotatable bonds is 7. The zero-order valence-electron chi connectivity index (χ0n) is 11.2. The Morgan fingerprint density at radius 2 is 2.06 bits per heavy atom. The van der Waals surface area contributed by atoms with Crippen LogP contribution in [0, 0.1) is 0 Å². The molecule has 2 rings (SSSR count). The van der Waals surface area contributed by atoms with Gasteiger partial charge in [-0.15, -0.1) is 0 Å². The molecule has 0 saturated heterocycles. The highest BCUT2D eigenvalue weighted by Crippen LogP contribution is 2.35. The van der Waals surface area contributed by atoms with E-state index in [4.69, 9.17) is 14.2 Å². The standard InChI is InChI=1S/C13H25NO3/c1-4-17-11-8-10(12(11)15-2)14-9-13(16-3)6-5-7-13/h10-12,14H,4-9H2,1-3H3. The van der Waals surface area contributed by atoms with E-state index in [9.17, 15) is 0 Å². The molecule has 0 heterocycles. The van der Waals surface area contributed by atoms with Gasteiger partial charge in [0.2, 0.25) is 0 Å². The van der Waals surface area contributed by atoms with E-state index in [1.165, 1.54) is 19.3 Å². The molecule has 3 atom stereocenters. The summed E-state index contributed by atoms with van der Waals surface area (Å²) in [7, 11) is 3.58. The van der Waals surface area contributed by atoms with Crippen LogP contribution in [-0.4, -0.2) is 51.2 Å². The van der Waals surface area contributed by atoms with E-state index >= 15 is 0 Å². The fourth-order valence-corrected chi connectivity index (χ4v) is 2.82. The Morgan fingerprint density at radius 3 is 2.53 bits per heavy atom. The molecular formula is C13H25NO3. The summed E-state index contributed by atoms with van der Waals surface area (Å²) in [6.45, 7) is 3.73. The highest BCUT2D eigenvalue weighted by atomic mass is 16.5. The van der Waals surface area contributed by atoms with Gasteiger partial charge in [-0.1, -0.05) is 0 Å². The van der Waals surface area contributed by atoms with Crippen molar-refractivity contribution in [2.24, 2.45) is 0 Å². The first-order valence-electron chi connectivity index (χ1n) is 6.67. The lowest BCUT2D eigenvalue weighted by Crippen LogP contribution is -2.62. The lowest BCUT2D eigenvalue weighted by atomic mass is 9.78. The van der Waals surface area contributed by atoms with Crippen molar-refractivity contribution in [2.75, 3.05) is 27.4 Å². The molecule has 0 aromatic heterocycles. The maximum absolute atomic E-state index is 5.61. The molecule has 1 N–H and O–H groups in total. The van der Waals surface area contributed by atoms with Crippen LogP contribution in [-0.2, 0) is 14.2 Å². The van der Waals surface area contributed by atoms with Gasteiger partial charge in [0.25, 0.3) is 0 Å². The Bertz CT molecular complexity index is 237. The van der Waals surface area contributed by atoms with E-state index in [1.54, 1.807) is 7.11 Å². The summed E-state index contributed by atoms with van der Waals surface area (Å²) in [5.41, 5.74) is 0.0923. The molecule has 2 aliphatic rings. The van der Waals surface area contributed by atoms with E-state index in [0.717, 1.165) is 19.6 Å². The molecule has 0 aromatic rings. The largest absolute Gasteiger partial charge is 0.377 e. The Labute approximate surface area is 104 Å². The fourth-order valence-electron chi connectivity index (χ4n) is 2.82. The van der Waals surface area contributed by atoms with Gasteiger partial charge in [0, 0.05) is 33.4 Å². The molecule has 4 heteroatoms. The molecule has 0 aliphatic heterocycles. The molecule has 0 amide bonds. The molecule has 17 heavy (non-hydrogen) atoms. The first kappa shape index (κ1) is 13.3. The highest BCUT2D eigenvalue weighted by Gasteiger charge is 2.44. The van der Waals surface area contributed by atoms with E-state index in [0.29, 0.717) is 6.04 Å². The van der Waals surface area contributed by atoms with Crippen molar-refractivity contribution in [3.63, 3.8) is 0 Å². The summed E-state index contributed by atoms with van der Waals surface area (Å²) in [5, 5.41) is 3.57. The van der Waals surface area contributed by atoms with Crippen LogP contribution in [0.1, 0.15) is 32.6 Å². The number of ether oxygens (including phenoxy) is 3. The van der Waals surface area contributed by atoms with Crippen LogP contribution < -0.4 is 5.32 Å². The average Bonchev–Trinajstić information content (AvgIpc) is 2.25. The summed E-state index contributed by atoms with van der Waals surface area (Å²) in [6, 6.07) is 0.421. The molecule has 2 fully saturated rings. The zero-order chi connectivity index (χ0) is 12.3. The number of hydrogen-bond acceptors (Lipinski definition) is 4. The second-order valence-electron chi connectivity index (χ2n) is 5.16. The quantitative estimate of drug-likeness (QED) is 0.732. The van der Waals surface area contributed by atoms with Crippen LogP contribution in [0.25, 0.3) is 0 Å². The van der Waals surface area contributed by atoms with E-state index in [2.05, 4.69) is 5.32 Å². The molecule has 4 nitrogen and oxygen atoms in total. The topological polar surface area (TPSA) is 39.7 Å². The van der Waals surface area contributed by atoms with Gasteiger partial charge in [-0.3, -0.25) is 0 Å². The third kappa shape index (κ3) is 2.65. The van der Waals surface area contributed by atoms with Gasteiger partial charge in [0.15, 0.2) is 0 Å². The van der Waals surface area contributed by atoms with E-state index in [1.807, 2.05) is 14.0 Å². The van der Waals surface area contributed by atoms with Gasteiger partial charge in [0.05, 0.1) is 17.8 Å². The number of hydrogen-bond donors (Lipinski definition) is 1. The second kappa shape index (κ2) is 5.65. The maximum atomic E-state index is 5.61. The van der Waals surface area contributed by atoms with Gasteiger partial charge < -0.3 is 19.5 Å². The Kier molecular flexibility index (Phi) is 4.42. The van der Waals surface area contributed by atoms with Crippen LogP contribution in [0.4, 0.5) is 0 Å². The summed E-state index contributed by atoms with van der Waals surface area (Å²) >= 11 is 0. The third-order valence-corrected chi connectivity index (χ3v) is 4.29. The van der Waals surface area contributed by atoms with Gasteiger partial charge in [0.1, 0.15) is 0 Å². The molecule has 0 bridgehead atoms. The van der Waals surface area contributed by atoms with Gasteiger partial charge in [-0.25, -0.2) is 0 Å². The molecule has 100 valence electrons. The molecule has 0 radical (unpaired) electrons. The minimum atomic E-state index is 0.0923. The molecule has 2 aliphatic carbocycles. The van der Waals surface area contributed by atoms with Crippen LogP contribution in [0.3, 0.4) is 0 Å². The average molecular weight is 243 g/mol. The molecule has 2 saturated carbocycles. The van der Waals surface area contributed by atoms with Crippen molar-refractivity contribution >= 4 is 0 Å². The summed E-state index contributed by atoms with van der Waals surface area (Å²) in [6.07, 6.45) is 5.15. The lowest BCUT2D eigenvalue weighted by molar-refractivity contribution is -0.139. The zero-order valence-corrected chi connectivity index (χ0v) is 11.2. The fraction of sp³-hybridized carbons (Fsp3) is 1.00. The Balaban J connectivity index is 1.73. The van der Waals surface area contributed by atoms with Gasteiger partial charge in [-0.2, -0.15) is 0 Å². The summed E-state index contributed by atoms with van der Waals surface area (Å²) < 4.78 is 16.7. The monoisotopic (exact) mass is 243 g/mol. The number of nitrogens with one attached hydrogen (secondary N) is 1. The van der Waals surface area contributed by atoms with Crippen LogP contribution in [0.5, 0.6) is 0 Å². The normalized spacial score (nSPS) is 35.1. The minimum absolute atomic E-state index is 0.0923. The highest BCUT2D eigenvalue weighted by molar-refractivity contribution is 5.00. The van der Waals surface area contributed by atoms with Crippen molar-refractivity contribution in [3.8, 4) is 0 Å². The lowest BCUT2D eigenvalue weighted by Gasteiger charge is -2.47. The first-order valence-corrected chi connectivity index (χ1v) is 6.67. The van der Waals surface area contributed by atoms with Crippen molar-refractivity contribution in [1.29, 1.82) is 0 Å². The van der Waals surface area contributed by atoms with Crippen molar-refractivity contribution in [3.05, 3.63) is 0 Å². The molecular weight excluding hydrogens is 218 g/mol. The minimum Gasteiger partial charge on any atom is -0.377 e. The summed E-state index contributed by atoms with van der Waals surface area (Å²) in [5.74, 6) is 0.